The standard InChI is InChI=1S/C10H17N/c1-9-5-10(6-9,7-9)8-2-3-11-4-8/h8,11H,2-7H2,1H3. The van der Waals surface area contributed by atoms with Crippen LogP contribution in [-0.4, -0.2) is 13.1 Å². The fraction of sp³-hybridized carbons (Fsp3) is 1.00. The quantitative estimate of drug-likeness (QED) is 0.602. The van der Waals surface area contributed by atoms with Gasteiger partial charge in [0.15, 0.2) is 0 Å². The molecule has 1 N–H and O–H groups in total. The van der Waals surface area contributed by atoms with E-state index in [1.807, 2.05) is 0 Å². The minimum absolute atomic E-state index is 0.808. The van der Waals surface area contributed by atoms with Crippen LogP contribution in [-0.2, 0) is 0 Å². The molecule has 1 nitrogen and oxygen atoms in total. The summed E-state index contributed by atoms with van der Waals surface area (Å²) in [4.78, 5) is 0. The second-order valence-electron chi connectivity index (χ2n) is 5.39. The maximum absolute atomic E-state index is 3.48. The summed E-state index contributed by atoms with van der Waals surface area (Å²) in [6, 6.07) is 0. The third-order valence-electron chi connectivity index (χ3n) is 4.26. The average molecular weight is 151 g/mol. The van der Waals surface area contributed by atoms with Crippen LogP contribution in [0.5, 0.6) is 0 Å². The second kappa shape index (κ2) is 1.66. The Labute approximate surface area is 68.6 Å². The van der Waals surface area contributed by atoms with Gasteiger partial charge in [-0.1, -0.05) is 6.92 Å². The molecule has 1 atom stereocenters. The summed E-state index contributed by atoms with van der Waals surface area (Å²) in [7, 11) is 0. The largest absolute Gasteiger partial charge is 0.316 e. The second-order valence-corrected chi connectivity index (χ2v) is 5.39. The van der Waals surface area contributed by atoms with E-state index in [0.717, 1.165) is 16.7 Å². The molecule has 62 valence electrons. The Kier molecular flexibility index (Phi) is 0.976. The van der Waals surface area contributed by atoms with Crippen LogP contribution in [0.3, 0.4) is 0 Å². The van der Waals surface area contributed by atoms with Gasteiger partial charge in [0.25, 0.3) is 0 Å². The third kappa shape index (κ3) is 0.658. The molecule has 0 aromatic carbocycles. The van der Waals surface area contributed by atoms with Gasteiger partial charge in [0.1, 0.15) is 0 Å². The molecule has 4 fully saturated rings. The Morgan fingerprint density at radius 3 is 2.45 bits per heavy atom. The van der Waals surface area contributed by atoms with E-state index in [0.29, 0.717) is 0 Å². The van der Waals surface area contributed by atoms with Crippen molar-refractivity contribution in [3.05, 3.63) is 0 Å². The van der Waals surface area contributed by atoms with Crippen molar-refractivity contribution in [2.45, 2.75) is 32.6 Å². The van der Waals surface area contributed by atoms with Crippen LogP contribution in [0, 0.1) is 16.7 Å². The summed E-state index contributed by atoms with van der Waals surface area (Å²) in [5.74, 6) is 1.05. The molecule has 0 spiro atoms. The van der Waals surface area contributed by atoms with Gasteiger partial charge in [0, 0.05) is 0 Å². The molecule has 3 aliphatic carbocycles. The molecule has 2 bridgehead atoms. The van der Waals surface area contributed by atoms with Crippen LogP contribution in [0.15, 0.2) is 0 Å². The lowest BCUT2D eigenvalue weighted by Gasteiger charge is -2.72. The zero-order valence-electron chi connectivity index (χ0n) is 7.32. The maximum Gasteiger partial charge on any atom is -0.00147 e. The lowest BCUT2D eigenvalue weighted by atomic mass is 9.32. The van der Waals surface area contributed by atoms with Gasteiger partial charge >= 0.3 is 0 Å². The van der Waals surface area contributed by atoms with E-state index in [4.69, 9.17) is 0 Å². The SMILES string of the molecule is CC12CC(C3CCNC3)(C1)C2. The molecule has 1 unspecified atom stereocenters. The Morgan fingerprint density at radius 2 is 2.00 bits per heavy atom. The summed E-state index contributed by atoms with van der Waals surface area (Å²) < 4.78 is 0. The molecule has 11 heavy (non-hydrogen) atoms. The van der Waals surface area contributed by atoms with E-state index in [9.17, 15) is 0 Å². The topological polar surface area (TPSA) is 12.0 Å². The molecule has 0 aromatic heterocycles. The van der Waals surface area contributed by atoms with Gasteiger partial charge in [-0.05, 0) is 55.5 Å². The van der Waals surface area contributed by atoms with Crippen LogP contribution in [0.1, 0.15) is 32.6 Å². The van der Waals surface area contributed by atoms with Crippen LogP contribution in [0.25, 0.3) is 0 Å². The number of rotatable bonds is 1. The first-order valence-electron chi connectivity index (χ1n) is 4.93. The highest BCUT2D eigenvalue weighted by Gasteiger charge is 2.67. The monoisotopic (exact) mass is 151 g/mol. The number of hydrogen-bond acceptors (Lipinski definition) is 1. The first-order valence-corrected chi connectivity index (χ1v) is 4.93. The number of hydrogen-bond donors (Lipinski definition) is 1. The van der Waals surface area contributed by atoms with Gasteiger partial charge in [0.05, 0.1) is 0 Å². The van der Waals surface area contributed by atoms with E-state index < -0.39 is 0 Å². The zero-order chi connectivity index (χ0) is 7.53. The lowest BCUT2D eigenvalue weighted by molar-refractivity contribution is -0.220. The molecule has 4 rings (SSSR count). The highest BCUT2D eigenvalue weighted by atomic mass is 14.9. The molecule has 4 aliphatic rings. The lowest BCUT2D eigenvalue weighted by Crippen LogP contribution is -2.63. The van der Waals surface area contributed by atoms with Crippen molar-refractivity contribution in [2.24, 2.45) is 16.7 Å². The first-order chi connectivity index (χ1) is 5.23. The summed E-state index contributed by atoms with van der Waals surface area (Å²) in [6.07, 6.45) is 6.10. The van der Waals surface area contributed by atoms with Gasteiger partial charge in [0.2, 0.25) is 0 Å². The van der Waals surface area contributed by atoms with Crippen molar-refractivity contribution in [3.8, 4) is 0 Å². The molecular weight excluding hydrogens is 134 g/mol. The molecule has 1 heterocycles. The summed E-state index contributed by atoms with van der Waals surface area (Å²) in [5, 5.41) is 3.48. The highest BCUT2D eigenvalue weighted by molar-refractivity contribution is 5.17. The normalized spacial score (nSPS) is 60.3. The van der Waals surface area contributed by atoms with Gasteiger partial charge < -0.3 is 5.32 Å². The van der Waals surface area contributed by atoms with Crippen LogP contribution < -0.4 is 5.32 Å². The summed E-state index contributed by atoms with van der Waals surface area (Å²) >= 11 is 0. The fourth-order valence-corrected chi connectivity index (χ4v) is 4.00. The molecule has 0 aromatic rings. The van der Waals surface area contributed by atoms with E-state index in [1.54, 1.807) is 19.3 Å². The van der Waals surface area contributed by atoms with Crippen molar-refractivity contribution < 1.29 is 0 Å². The Bertz CT molecular complexity index is 171. The van der Waals surface area contributed by atoms with Crippen molar-refractivity contribution in [2.75, 3.05) is 13.1 Å². The minimum Gasteiger partial charge on any atom is -0.316 e. The summed E-state index contributed by atoms with van der Waals surface area (Å²) in [6.45, 7) is 5.05. The predicted molar refractivity (Wildman–Crippen MR) is 45.4 cm³/mol. The van der Waals surface area contributed by atoms with E-state index in [2.05, 4.69) is 12.2 Å². The smallest absolute Gasteiger partial charge is 0.00147 e. The Morgan fingerprint density at radius 1 is 1.27 bits per heavy atom. The van der Waals surface area contributed by atoms with Gasteiger partial charge in [-0.2, -0.15) is 0 Å². The molecule has 3 saturated carbocycles. The molecule has 0 amide bonds. The van der Waals surface area contributed by atoms with Crippen molar-refractivity contribution in [1.29, 1.82) is 0 Å². The van der Waals surface area contributed by atoms with Crippen LogP contribution in [0.4, 0.5) is 0 Å². The number of nitrogens with one attached hydrogen (secondary N) is 1. The van der Waals surface area contributed by atoms with Gasteiger partial charge in [-0.25, -0.2) is 0 Å². The fourth-order valence-electron chi connectivity index (χ4n) is 4.00. The Balaban J connectivity index is 1.72. The van der Waals surface area contributed by atoms with Crippen molar-refractivity contribution in [3.63, 3.8) is 0 Å². The molecule has 1 aliphatic heterocycles. The van der Waals surface area contributed by atoms with Crippen molar-refractivity contribution in [1.82, 2.24) is 5.32 Å². The van der Waals surface area contributed by atoms with Gasteiger partial charge in [-0.3, -0.25) is 0 Å². The van der Waals surface area contributed by atoms with E-state index in [-0.39, 0.29) is 0 Å². The molecule has 0 radical (unpaired) electrons. The van der Waals surface area contributed by atoms with Crippen molar-refractivity contribution >= 4 is 0 Å². The van der Waals surface area contributed by atoms with E-state index in [1.165, 1.54) is 19.5 Å². The predicted octanol–water partition coefficient (Wildman–Crippen LogP) is 1.79. The maximum atomic E-state index is 3.48. The average Bonchev–Trinajstić information content (AvgIpc) is 2.28. The summed E-state index contributed by atoms with van der Waals surface area (Å²) in [5.41, 5.74) is 1.65. The zero-order valence-corrected chi connectivity index (χ0v) is 7.32. The third-order valence-corrected chi connectivity index (χ3v) is 4.26. The van der Waals surface area contributed by atoms with Gasteiger partial charge in [-0.15, -0.1) is 0 Å². The molecule has 1 saturated heterocycles. The highest BCUT2D eigenvalue weighted by Crippen LogP contribution is 2.76. The minimum atomic E-state index is 0.808. The molecular formula is C10H17N. The molecule has 1 heteroatoms. The van der Waals surface area contributed by atoms with Crippen LogP contribution in [0.2, 0.25) is 0 Å². The Hall–Kier alpha value is -0.0400. The van der Waals surface area contributed by atoms with E-state index >= 15 is 0 Å². The van der Waals surface area contributed by atoms with Crippen LogP contribution >= 0.6 is 0 Å². The first kappa shape index (κ1) is 6.47.